The monoisotopic (exact) mass is 222 g/mol. The van der Waals surface area contributed by atoms with Crippen LogP contribution >= 0.6 is 0 Å². The number of esters is 1. The number of benzene rings is 1. The fourth-order valence-corrected chi connectivity index (χ4v) is 1.41. The number of aryl methyl sites for hydroxylation is 1. The maximum atomic E-state index is 11.4. The number of nitrogen functional groups attached to an aromatic ring is 1. The number of nitrogens with one attached hydrogen (secondary N) is 1. The second-order valence-electron chi connectivity index (χ2n) is 3.69. The third-order valence-corrected chi connectivity index (χ3v) is 2.26. The Morgan fingerprint density at radius 3 is 2.81 bits per heavy atom. The van der Waals surface area contributed by atoms with Gasteiger partial charge in [-0.15, -0.1) is 0 Å². The molecule has 0 amide bonds. The van der Waals surface area contributed by atoms with Crippen molar-refractivity contribution in [2.45, 2.75) is 26.8 Å². The van der Waals surface area contributed by atoms with Gasteiger partial charge in [0.25, 0.3) is 0 Å². The van der Waals surface area contributed by atoms with Crippen LogP contribution in [-0.2, 0) is 9.53 Å². The van der Waals surface area contributed by atoms with E-state index in [1.807, 2.05) is 19.1 Å². The first-order valence-corrected chi connectivity index (χ1v) is 5.34. The standard InChI is InChI=1S/C12H18N2O2/c1-4-16-12(15)9(3)14-11-6-5-10(13)7-8(11)2/h5-7,9,14H,4,13H2,1-3H3. The molecule has 0 heterocycles. The van der Waals surface area contributed by atoms with E-state index in [0.717, 1.165) is 11.3 Å². The Hall–Kier alpha value is -1.71. The average Bonchev–Trinajstić information content (AvgIpc) is 2.22. The van der Waals surface area contributed by atoms with Gasteiger partial charge in [0.15, 0.2) is 0 Å². The average molecular weight is 222 g/mol. The molecular weight excluding hydrogens is 204 g/mol. The smallest absolute Gasteiger partial charge is 0.328 e. The molecule has 16 heavy (non-hydrogen) atoms. The van der Waals surface area contributed by atoms with E-state index in [1.165, 1.54) is 0 Å². The van der Waals surface area contributed by atoms with Crippen LogP contribution in [0.1, 0.15) is 19.4 Å². The van der Waals surface area contributed by atoms with Gasteiger partial charge in [-0.1, -0.05) is 0 Å². The topological polar surface area (TPSA) is 64.3 Å². The fourth-order valence-electron chi connectivity index (χ4n) is 1.41. The van der Waals surface area contributed by atoms with Crippen LogP contribution in [0.4, 0.5) is 11.4 Å². The molecular formula is C12H18N2O2. The molecule has 0 aliphatic carbocycles. The third kappa shape index (κ3) is 3.15. The Balaban J connectivity index is 2.69. The summed E-state index contributed by atoms with van der Waals surface area (Å²) in [6.07, 6.45) is 0. The molecule has 88 valence electrons. The van der Waals surface area contributed by atoms with Gasteiger partial charge in [0.05, 0.1) is 6.61 Å². The molecule has 3 N–H and O–H groups in total. The third-order valence-electron chi connectivity index (χ3n) is 2.26. The molecule has 0 aliphatic rings. The van der Waals surface area contributed by atoms with Crippen molar-refractivity contribution >= 4 is 17.3 Å². The normalized spacial score (nSPS) is 11.9. The fraction of sp³-hybridized carbons (Fsp3) is 0.417. The molecule has 4 nitrogen and oxygen atoms in total. The number of carbonyl (C=O) groups is 1. The minimum atomic E-state index is -0.359. The van der Waals surface area contributed by atoms with Gasteiger partial charge in [-0.3, -0.25) is 0 Å². The summed E-state index contributed by atoms with van der Waals surface area (Å²) in [5.74, 6) is -0.251. The van der Waals surface area contributed by atoms with Crippen molar-refractivity contribution in [3.63, 3.8) is 0 Å². The summed E-state index contributed by atoms with van der Waals surface area (Å²) in [5, 5.41) is 3.09. The predicted octanol–water partition coefficient (Wildman–Crippen LogP) is 1.94. The van der Waals surface area contributed by atoms with E-state index in [9.17, 15) is 4.79 Å². The highest BCUT2D eigenvalue weighted by Crippen LogP contribution is 2.18. The van der Waals surface area contributed by atoms with E-state index in [-0.39, 0.29) is 12.0 Å². The van der Waals surface area contributed by atoms with Gasteiger partial charge in [0, 0.05) is 11.4 Å². The number of ether oxygens (including phenoxy) is 1. The first kappa shape index (κ1) is 12.4. The lowest BCUT2D eigenvalue weighted by Gasteiger charge is -2.15. The van der Waals surface area contributed by atoms with Crippen molar-refractivity contribution in [1.82, 2.24) is 0 Å². The van der Waals surface area contributed by atoms with E-state index in [0.29, 0.717) is 12.3 Å². The summed E-state index contributed by atoms with van der Waals surface area (Å²) in [6.45, 7) is 5.90. The molecule has 0 bridgehead atoms. The van der Waals surface area contributed by atoms with Crippen molar-refractivity contribution in [3.05, 3.63) is 23.8 Å². The number of anilines is 2. The van der Waals surface area contributed by atoms with Crippen LogP contribution in [0.3, 0.4) is 0 Å². The van der Waals surface area contributed by atoms with Crippen molar-refractivity contribution in [3.8, 4) is 0 Å². The lowest BCUT2D eigenvalue weighted by atomic mass is 10.1. The van der Waals surface area contributed by atoms with Gasteiger partial charge in [-0.25, -0.2) is 4.79 Å². The summed E-state index contributed by atoms with van der Waals surface area (Å²) in [7, 11) is 0. The van der Waals surface area contributed by atoms with Crippen LogP contribution in [0.5, 0.6) is 0 Å². The molecule has 0 aromatic heterocycles. The van der Waals surface area contributed by atoms with Crippen LogP contribution in [-0.4, -0.2) is 18.6 Å². The second-order valence-corrected chi connectivity index (χ2v) is 3.69. The maximum Gasteiger partial charge on any atom is 0.328 e. The Morgan fingerprint density at radius 1 is 1.56 bits per heavy atom. The zero-order valence-electron chi connectivity index (χ0n) is 9.91. The molecule has 0 aliphatic heterocycles. The molecule has 1 atom stereocenters. The summed E-state index contributed by atoms with van der Waals surface area (Å²) >= 11 is 0. The second kappa shape index (κ2) is 5.39. The molecule has 0 radical (unpaired) electrons. The molecule has 0 saturated carbocycles. The number of nitrogens with two attached hydrogens (primary N) is 1. The van der Waals surface area contributed by atoms with Crippen molar-refractivity contribution in [2.24, 2.45) is 0 Å². The highest BCUT2D eigenvalue weighted by molar-refractivity contribution is 5.79. The summed E-state index contributed by atoms with van der Waals surface area (Å²) in [6, 6.07) is 5.16. The van der Waals surface area contributed by atoms with Crippen LogP contribution < -0.4 is 11.1 Å². The largest absolute Gasteiger partial charge is 0.464 e. The molecule has 1 aromatic rings. The van der Waals surface area contributed by atoms with Crippen LogP contribution in [0.25, 0.3) is 0 Å². The summed E-state index contributed by atoms with van der Waals surface area (Å²) in [4.78, 5) is 11.4. The molecule has 0 saturated heterocycles. The predicted molar refractivity (Wildman–Crippen MR) is 65.3 cm³/mol. The lowest BCUT2D eigenvalue weighted by molar-refractivity contribution is -0.143. The van der Waals surface area contributed by atoms with Crippen LogP contribution in [0, 0.1) is 6.92 Å². The van der Waals surface area contributed by atoms with E-state index < -0.39 is 0 Å². The van der Waals surface area contributed by atoms with Gasteiger partial charge in [0.1, 0.15) is 6.04 Å². The van der Waals surface area contributed by atoms with Crippen LogP contribution in [0.2, 0.25) is 0 Å². The molecule has 1 rings (SSSR count). The Bertz CT molecular complexity index is 377. The van der Waals surface area contributed by atoms with Gasteiger partial charge in [0.2, 0.25) is 0 Å². The molecule has 1 unspecified atom stereocenters. The van der Waals surface area contributed by atoms with E-state index in [2.05, 4.69) is 5.32 Å². The molecule has 4 heteroatoms. The van der Waals surface area contributed by atoms with Crippen molar-refractivity contribution in [2.75, 3.05) is 17.7 Å². The van der Waals surface area contributed by atoms with Gasteiger partial charge < -0.3 is 15.8 Å². The van der Waals surface area contributed by atoms with Crippen molar-refractivity contribution in [1.29, 1.82) is 0 Å². The maximum absolute atomic E-state index is 11.4. The minimum absolute atomic E-state index is 0.251. The number of hydrogen-bond donors (Lipinski definition) is 2. The minimum Gasteiger partial charge on any atom is -0.464 e. The quantitative estimate of drug-likeness (QED) is 0.603. The number of hydrogen-bond acceptors (Lipinski definition) is 4. The number of carbonyl (C=O) groups excluding carboxylic acids is 1. The van der Waals surface area contributed by atoms with Gasteiger partial charge in [-0.2, -0.15) is 0 Å². The zero-order valence-corrected chi connectivity index (χ0v) is 9.91. The summed E-state index contributed by atoms with van der Waals surface area (Å²) in [5.41, 5.74) is 8.27. The summed E-state index contributed by atoms with van der Waals surface area (Å²) < 4.78 is 4.91. The highest BCUT2D eigenvalue weighted by Gasteiger charge is 2.14. The highest BCUT2D eigenvalue weighted by atomic mass is 16.5. The molecule has 1 aromatic carbocycles. The van der Waals surface area contributed by atoms with E-state index in [4.69, 9.17) is 10.5 Å². The first-order valence-electron chi connectivity index (χ1n) is 5.34. The van der Waals surface area contributed by atoms with Crippen molar-refractivity contribution < 1.29 is 9.53 Å². The molecule has 0 spiro atoms. The zero-order chi connectivity index (χ0) is 12.1. The molecule has 0 fully saturated rings. The van der Waals surface area contributed by atoms with Gasteiger partial charge >= 0.3 is 5.97 Å². The van der Waals surface area contributed by atoms with E-state index >= 15 is 0 Å². The Labute approximate surface area is 95.8 Å². The van der Waals surface area contributed by atoms with Crippen LogP contribution in [0.15, 0.2) is 18.2 Å². The first-order chi connectivity index (χ1) is 7.54. The Kier molecular flexibility index (Phi) is 4.17. The Morgan fingerprint density at radius 2 is 2.25 bits per heavy atom. The lowest BCUT2D eigenvalue weighted by Crippen LogP contribution is -2.28. The number of rotatable bonds is 4. The van der Waals surface area contributed by atoms with E-state index in [1.54, 1.807) is 19.9 Å². The van der Waals surface area contributed by atoms with Gasteiger partial charge in [-0.05, 0) is 44.5 Å². The SMILES string of the molecule is CCOC(=O)C(C)Nc1ccc(N)cc1C.